The highest BCUT2D eigenvalue weighted by atomic mass is 16.5. The number of pyridine rings is 1. The third kappa shape index (κ3) is 3.89. The monoisotopic (exact) mass is 408 g/mol. The van der Waals surface area contributed by atoms with Gasteiger partial charge in [-0.2, -0.15) is 0 Å². The molecule has 3 heterocycles. The van der Waals surface area contributed by atoms with Crippen LogP contribution in [-0.2, 0) is 6.42 Å². The molecular weight excluding hydrogens is 380 g/mol. The van der Waals surface area contributed by atoms with Crippen LogP contribution < -0.4 is 15.3 Å². The van der Waals surface area contributed by atoms with Crippen molar-refractivity contribution in [2.24, 2.45) is 5.92 Å². The standard InChI is InChI=1S/C23H28N4O3/c1-5-16-11-17(29-4)12-19-20(16)23(28)30-22(25-19)18-7-6-9-24-21(18)27(3)14-15-8-10-26(2)13-15/h6-7,9,11-12,15H,5,8,10,13-14H2,1-4H3. The Balaban J connectivity index is 1.76. The number of nitrogens with zero attached hydrogens (tertiary/aromatic N) is 4. The summed E-state index contributed by atoms with van der Waals surface area (Å²) in [5, 5.41) is 0.509. The number of anilines is 1. The number of aromatic nitrogens is 2. The maximum absolute atomic E-state index is 12.9. The molecule has 0 aliphatic carbocycles. The van der Waals surface area contributed by atoms with Crippen LogP contribution in [0, 0.1) is 5.92 Å². The zero-order valence-corrected chi connectivity index (χ0v) is 18.0. The number of likely N-dealkylation sites (tertiary alicyclic amines) is 1. The van der Waals surface area contributed by atoms with E-state index in [1.54, 1.807) is 19.4 Å². The molecule has 1 fully saturated rings. The van der Waals surface area contributed by atoms with E-state index in [-0.39, 0.29) is 11.5 Å². The van der Waals surface area contributed by atoms with Crippen LogP contribution in [0.4, 0.5) is 5.82 Å². The molecule has 3 aromatic rings. The van der Waals surface area contributed by atoms with Gasteiger partial charge < -0.3 is 19.0 Å². The number of aryl methyl sites for hydroxylation is 1. The van der Waals surface area contributed by atoms with E-state index in [0.29, 0.717) is 34.6 Å². The van der Waals surface area contributed by atoms with Gasteiger partial charge in [-0.25, -0.2) is 14.8 Å². The Hall–Kier alpha value is -2.93. The summed E-state index contributed by atoms with van der Waals surface area (Å²) in [6.07, 6.45) is 3.62. The Labute approximate surface area is 176 Å². The van der Waals surface area contributed by atoms with E-state index in [4.69, 9.17) is 9.15 Å². The molecule has 0 amide bonds. The van der Waals surface area contributed by atoms with E-state index in [0.717, 1.165) is 31.0 Å². The summed E-state index contributed by atoms with van der Waals surface area (Å²) in [6.45, 7) is 5.09. The molecule has 1 aliphatic heterocycles. The summed E-state index contributed by atoms with van der Waals surface area (Å²) in [5.41, 5.74) is 1.77. The molecule has 0 N–H and O–H groups in total. The lowest BCUT2D eigenvalue weighted by Crippen LogP contribution is -2.28. The first-order valence-corrected chi connectivity index (χ1v) is 10.4. The van der Waals surface area contributed by atoms with Gasteiger partial charge in [0.05, 0.1) is 23.6 Å². The summed E-state index contributed by atoms with van der Waals surface area (Å²) < 4.78 is 11.1. The maximum Gasteiger partial charge on any atom is 0.347 e. The van der Waals surface area contributed by atoms with Crippen LogP contribution in [0.5, 0.6) is 5.75 Å². The first-order valence-electron chi connectivity index (χ1n) is 10.4. The van der Waals surface area contributed by atoms with Crippen molar-refractivity contribution in [2.75, 3.05) is 45.7 Å². The smallest absolute Gasteiger partial charge is 0.347 e. The second kappa shape index (κ2) is 8.44. The second-order valence-electron chi connectivity index (χ2n) is 8.01. The molecule has 30 heavy (non-hydrogen) atoms. The van der Waals surface area contributed by atoms with Crippen LogP contribution in [0.2, 0.25) is 0 Å². The fraction of sp³-hybridized carbons (Fsp3) is 0.435. The SMILES string of the molecule is CCc1cc(OC)cc2nc(-c3cccnc3N(C)CC3CCN(C)C3)oc(=O)c12. The van der Waals surface area contributed by atoms with Gasteiger partial charge in [-0.1, -0.05) is 6.92 Å². The first-order chi connectivity index (χ1) is 14.5. The minimum absolute atomic E-state index is 0.279. The molecule has 1 saturated heterocycles. The van der Waals surface area contributed by atoms with Crippen LogP contribution in [0.25, 0.3) is 22.4 Å². The second-order valence-corrected chi connectivity index (χ2v) is 8.01. The Kier molecular flexibility index (Phi) is 5.72. The largest absolute Gasteiger partial charge is 0.497 e. The fourth-order valence-electron chi connectivity index (χ4n) is 4.28. The average Bonchev–Trinajstić information content (AvgIpc) is 3.16. The quantitative estimate of drug-likeness (QED) is 0.620. The lowest BCUT2D eigenvalue weighted by atomic mass is 10.1. The van der Waals surface area contributed by atoms with Crippen molar-refractivity contribution < 1.29 is 9.15 Å². The van der Waals surface area contributed by atoms with Crippen LogP contribution >= 0.6 is 0 Å². The van der Waals surface area contributed by atoms with Gasteiger partial charge in [0, 0.05) is 32.4 Å². The summed E-state index contributed by atoms with van der Waals surface area (Å²) >= 11 is 0. The molecule has 1 aromatic carbocycles. The summed E-state index contributed by atoms with van der Waals surface area (Å²) in [4.78, 5) is 26.6. The van der Waals surface area contributed by atoms with Crippen molar-refractivity contribution in [1.82, 2.24) is 14.9 Å². The Bertz CT molecular complexity index is 1110. The van der Waals surface area contributed by atoms with Crippen LogP contribution in [0.15, 0.2) is 39.7 Å². The zero-order valence-electron chi connectivity index (χ0n) is 18.0. The van der Waals surface area contributed by atoms with Gasteiger partial charge in [0.2, 0.25) is 5.89 Å². The number of hydrogen-bond donors (Lipinski definition) is 0. The van der Waals surface area contributed by atoms with Gasteiger partial charge in [-0.15, -0.1) is 0 Å². The first kappa shape index (κ1) is 20.3. The molecule has 0 bridgehead atoms. The lowest BCUT2D eigenvalue weighted by molar-refractivity contribution is 0.395. The molecule has 2 aromatic heterocycles. The summed E-state index contributed by atoms with van der Waals surface area (Å²) in [5.74, 6) is 2.31. The van der Waals surface area contributed by atoms with E-state index in [1.165, 1.54) is 6.42 Å². The average molecular weight is 409 g/mol. The molecule has 158 valence electrons. The van der Waals surface area contributed by atoms with E-state index >= 15 is 0 Å². The lowest BCUT2D eigenvalue weighted by Gasteiger charge is -2.23. The molecule has 1 unspecified atom stereocenters. The molecule has 0 spiro atoms. The normalized spacial score (nSPS) is 16.9. The highest BCUT2D eigenvalue weighted by Crippen LogP contribution is 2.30. The number of rotatable bonds is 6. The van der Waals surface area contributed by atoms with Gasteiger partial charge in [0.1, 0.15) is 11.6 Å². The van der Waals surface area contributed by atoms with Crippen molar-refractivity contribution >= 4 is 16.7 Å². The minimum atomic E-state index is -0.385. The van der Waals surface area contributed by atoms with Crippen molar-refractivity contribution in [3.63, 3.8) is 0 Å². The third-order valence-corrected chi connectivity index (χ3v) is 5.80. The highest BCUT2D eigenvalue weighted by molar-refractivity contribution is 5.84. The number of ether oxygens (including phenoxy) is 1. The molecule has 7 heteroatoms. The fourth-order valence-corrected chi connectivity index (χ4v) is 4.28. The zero-order chi connectivity index (χ0) is 21.3. The molecule has 0 saturated carbocycles. The molecule has 7 nitrogen and oxygen atoms in total. The predicted molar refractivity (Wildman–Crippen MR) is 118 cm³/mol. The van der Waals surface area contributed by atoms with Gasteiger partial charge in [0.15, 0.2) is 0 Å². The van der Waals surface area contributed by atoms with Gasteiger partial charge in [-0.3, -0.25) is 0 Å². The predicted octanol–water partition coefficient (Wildman–Crippen LogP) is 3.21. The summed E-state index contributed by atoms with van der Waals surface area (Å²) in [6, 6.07) is 7.38. The van der Waals surface area contributed by atoms with Crippen molar-refractivity contribution in [3.8, 4) is 17.2 Å². The van der Waals surface area contributed by atoms with Crippen LogP contribution in [-0.4, -0.2) is 55.7 Å². The maximum atomic E-state index is 12.9. The van der Waals surface area contributed by atoms with E-state index in [2.05, 4.69) is 26.8 Å². The third-order valence-electron chi connectivity index (χ3n) is 5.80. The Morgan fingerprint density at radius 1 is 1.37 bits per heavy atom. The van der Waals surface area contributed by atoms with E-state index in [9.17, 15) is 4.79 Å². The molecule has 0 radical (unpaired) electrons. The molecular formula is C23H28N4O3. The van der Waals surface area contributed by atoms with Crippen molar-refractivity contribution in [3.05, 3.63) is 46.4 Å². The highest BCUT2D eigenvalue weighted by Gasteiger charge is 2.23. The minimum Gasteiger partial charge on any atom is -0.497 e. The molecule has 1 aliphatic rings. The van der Waals surface area contributed by atoms with Crippen molar-refractivity contribution in [1.29, 1.82) is 0 Å². The van der Waals surface area contributed by atoms with Gasteiger partial charge in [0.25, 0.3) is 0 Å². The Morgan fingerprint density at radius 2 is 2.20 bits per heavy atom. The van der Waals surface area contributed by atoms with Crippen LogP contribution in [0.1, 0.15) is 18.9 Å². The van der Waals surface area contributed by atoms with Crippen molar-refractivity contribution in [2.45, 2.75) is 19.8 Å². The number of benzene rings is 1. The van der Waals surface area contributed by atoms with Crippen LogP contribution in [0.3, 0.4) is 0 Å². The summed E-state index contributed by atoms with van der Waals surface area (Å²) in [7, 11) is 5.79. The number of fused-ring (bicyclic) bond motifs is 1. The van der Waals surface area contributed by atoms with Gasteiger partial charge >= 0.3 is 5.63 Å². The molecule has 4 rings (SSSR count). The van der Waals surface area contributed by atoms with E-state index < -0.39 is 0 Å². The van der Waals surface area contributed by atoms with Gasteiger partial charge in [-0.05, 0) is 56.1 Å². The Morgan fingerprint density at radius 3 is 2.90 bits per heavy atom. The van der Waals surface area contributed by atoms with E-state index in [1.807, 2.05) is 32.2 Å². The number of hydrogen-bond acceptors (Lipinski definition) is 7. The molecule has 1 atom stereocenters. The number of methoxy groups -OCH3 is 1. The topological polar surface area (TPSA) is 71.7 Å².